The van der Waals surface area contributed by atoms with Crippen molar-refractivity contribution in [3.63, 3.8) is 0 Å². The predicted molar refractivity (Wildman–Crippen MR) is 69.1 cm³/mol. The minimum Gasteiger partial charge on any atom is -0.444 e. The van der Waals surface area contributed by atoms with Crippen LogP contribution in [0.4, 0.5) is 4.79 Å². The summed E-state index contributed by atoms with van der Waals surface area (Å²) in [7, 11) is 0. The largest absolute Gasteiger partial charge is 0.444 e. The van der Waals surface area contributed by atoms with Crippen molar-refractivity contribution in [3.8, 4) is 0 Å². The molecule has 0 saturated carbocycles. The lowest BCUT2D eigenvalue weighted by Gasteiger charge is -2.26. The van der Waals surface area contributed by atoms with Crippen molar-refractivity contribution < 1.29 is 9.53 Å². The molecule has 1 rings (SSSR count). The molecule has 4 nitrogen and oxygen atoms in total. The number of rotatable bonds is 2. The molecule has 0 aliphatic carbocycles. The average Bonchev–Trinajstić information content (AvgIpc) is 2.41. The van der Waals surface area contributed by atoms with E-state index in [-0.39, 0.29) is 6.09 Å². The minimum absolute atomic E-state index is 0.172. The smallest absolute Gasteiger partial charge is 0.410 e. The summed E-state index contributed by atoms with van der Waals surface area (Å²) in [5.74, 6) is 0. The van der Waals surface area contributed by atoms with E-state index in [1.807, 2.05) is 25.7 Å². The Labute approximate surface area is 105 Å². The zero-order chi connectivity index (χ0) is 12.9. The molecule has 17 heavy (non-hydrogen) atoms. The summed E-state index contributed by atoms with van der Waals surface area (Å²) < 4.78 is 5.39. The Kier molecular flexibility index (Phi) is 5.25. The van der Waals surface area contributed by atoms with Gasteiger partial charge in [0.2, 0.25) is 0 Å². The molecule has 0 aromatic rings. The van der Waals surface area contributed by atoms with Crippen LogP contribution in [0.15, 0.2) is 0 Å². The maximum absolute atomic E-state index is 11.9. The van der Waals surface area contributed by atoms with E-state index in [1.54, 1.807) is 0 Å². The molecule has 1 fully saturated rings. The Balaban J connectivity index is 2.43. The Bertz CT molecular complexity index is 248. The normalized spacial score (nSPS) is 22.1. The molecule has 1 atom stereocenters. The molecule has 0 unspecified atom stereocenters. The number of amides is 1. The van der Waals surface area contributed by atoms with Crippen molar-refractivity contribution in [2.45, 2.75) is 58.6 Å². The highest BCUT2D eigenvalue weighted by Gasteiger charge is 2.24. The highest BCUT2D eigenvalue weighted by molar-refractivity contribution is 5.68. The summed E-state index contributed by atoms with van der Waals surface area (Å²) in [5, 5.41) is 3.45. The van der Waals surface area contributed by atoms with Gasteiger partial charge in [0.05, 0.1) is 0 Å². The second-order valence-corrected chi connectivity index (χ2v) is 5.65. The summed E-state index contributed by atoms with van der Waals surface area (Å²) in [6, 6.07) is 0.549. The van der Waals surface area contributed by atoms with E-state index in [9.17, 15) is 4.79 Å². The highest BCUT2D eigenvalue weighted by atomic mass is 16.6. The number of ether oxygens (including phenoxy) is 1. The molecule has 0 spiro atoms. The van der Waals surface area contributed by atoms with Crippen molar-refractivity contribution in [2.75, 3.05) is 19.6 Å². The number of nitrogens with one attached hydrogen (secondary N) is 1. The summed E-state index contributed by atoms with van der Waals surface area (Å²) >= 11 is 0. The third kappa shape index (κ3) is 5.39. The van der Waals surface area contributed by atoms with Crippen molar-refractivity contribution in [1.29, 1.82) is 0 Å². The van der Waals surface area contributed by atoms with Crippen LogP contribution in [0.2, 0.25) is 0 Å². The van der Waals surface area contributed by atoms with Crippen LogP contribution in [0.1, 0.15) is 47.0 Å². The van der Waals surface area contributed by atoms with E-state index in [2.05, 4.69) is 12.2 Å². The lowest BCUT2D eigenvalue weighted by molar-refractivity contribution is 0.0256. The molecule has 100 valence electrons. The second kappa shape index (κ2) is 6.24. The van der Waals surface area contributed by atoms with Gasteiger partial charge < -0.3 is 15.0 Å². The topological polar surface area (TPSA) is 41.6 Å². The molecule has 0 radical (unpaired) electrons. The standard InChI is InChI=1S/C13H26N2O2/c1-5-14-11-7-6-9-15(10-8-11)12(16)17-13(2,3)4/h11,14H,5-10H2,1-4H3/t11-/m1/s1. The quantitative estimate of drug-likeness (QED) is 0.808. The van der Waals surface area contributed by atoms with Gasteiger partial charge in [-0.25, -0.2) is 4.79 Å². The molecule has 1 amide bonds. The van der Waals surface area contributed by atoms with Gasteiger partial charge in [-0.2, -0.15) is 0 Å². The van der Waals surface area contributed by atoms with Crippen molar-refractivity contribution in [1.82, 2.24) is 10.2 Å². The van der Waals surface area contributed by atoms with Gasteiger partial charge in [-0.15, -0.1) is 0 Å². The van der Waals surface area contributed by atoms with E-state index in [0.29, 0.717) is 6.04 Å². The van der Waals surface area contributed by atoms with Gasteiger partial charge in [-0.3, -0.25) is 0 Å². The maximum Gasteiger partial charge on any atom is 0.410 e. The Morgan fingerprint density at radius 3 is 2.65 bits per heavy atom. The summed E-state index contributed by atoms with van der Waals surface area (Å²) in [4.78, 5) is 13.8. The fraction of sp³-hybridized carbons (Fsp3) is 0.923. The molecular weight excluding hydrogens is 216 g/mol. The van der Waals surface area contributed by atoms with Crippen LogP contribution < -0.4 is 5.32 Å². The van der Waals surface area contributed by atoms with Gasteiger partial charge in [0.15, 0.2) is 0 Å². The SMILES string of the molecule is CCN[C@@H]1CCCN(C(=O)OC(C)(C)C)CC1. The van der Waals surface area contributed by atoms with E-state index < -0.39 is 5.60 Å². The fourth-order valence-corrected chi connectivity index (χ4v) is 2.10. The van der Waals surface area contributed by atoms with Crippen molar-refractivity contribution in [3.05, 3.63) is 0 Å². The molecule has 0 aromatic heterocycles. The summed E-state index contributed by atoms with van der Waals surface area (Å²) in [6.07, 6.45) is 3.05. The van der Waals surface area contributed by atoms with Crippen LogP contribution in [0.25, 0.3) is 0 Å². The lowest BCUT2D eigenvalue weighted by atomic mass is 10.1. The van der Waals surface area contributed by atoms with E-state index in [0.717, 1.165) is 38.9 Å². The van der Waals surface area contributed by atoms with Crippen molar-refractivity contribution in [2.24, 2.45) is 0 Å². The fourth-order valence-electron chi connectivity index (χ4n) is 2.10. The van der Waals surface area contributed by atoms with Gasteiger partial charge in [0, 0.05) is 19.1 Å². The van der Waals surface area contributed by atoms with Gasteiger partial charge >= 0.3 is 6.09 Å². The first-order valence-electron chi connectivity index (χ1n) is 6.63. The second-order valence-electron chi connectivity index (χ2n) is 5.65. The van der Waals surface area contributed by atoms with Gasteiger partial charge in [0.25, 0.3) is 0 Å². The molecule has 0 aromatic carbocycles. The minimum atomic E-state index is -0.398. The maximum atomic E-state index is 11.9. The lowest BCUT2D eigenvalue weighted by Crippen LogP contribution is -2.38. The number of hydrogen-bond acceptors (Lipinski definition) is 3. The number of likely N-dealkylation sites (tertiary alicyclic amines) is 1. The number of hydrogen-bond donors (Lipinski definition) is 1. The molecule has 1 aliphatic rings. The molecule has 1 aliphatic heterocycles. The molecule has 0 bridgehead atoms. The van der Waals surface area contributed by atoms with Crippen LogP contribution in [-0.2, 0) is 4.74 Å². The number of carbonyl (C=O) groups is 1. The first-order valence-corrected chi connectivity index (χ1v) is 6.63. The van der Waals surface area contributed by atoms with Gasteiger partial charge in [-0.05, 0) is 46.6 Å². The molecule has 1 heterocycles. The third-order valence-electron chi connectivity index (χ3n) is 2.87. The van der Waals surface area contributed by atoms with Crippen LogP contribution in [0.3, 0.4) is 0 Å². The monoisotopic (exact) mass is 242 g/mol. The van der Waals surface area contributed by atoms with Crippen LogP contribution in [-0.4, -0.2) is 42.3 Å². The van der Waals surface area contributed by atoms with E-state index >= 15 is 0 Å². The Morgan fingerprint density at radius 2 is 2.06 bits per heavy atom. The molecular formula is C13H26N2O2. The number of nitrogens with zero attached hydrogens (tertiary/aromatic N) is 1. The summed E-state index contributed by atoms with van der Waals surface area (Å²) in [5.41, 5.74) is -0.398. The first kappa shape index (κ1) is 14.3. The Hall–Kier alpha value is -0.770. The van der Waals surface area contributed by atoms with Crippen LogP contribution in [0.5, 0.6) is 0 Å². The zero-order valence-corrected chi connectivity index (χ0v) is 11.6. The van der Waals surface area contributed by atoms with Crippen molar-refractivity contribution >= 4 is 6.09 Å². The Morgan fingerprint density at radius 1 is 1.35 bits per heavy atom. The molecule has 4 heteroatoms. The molecule has 1 N–H and O–H groups in total. The molecule has 1 saturated heterocycles. The van der Waals surface area contributed by atoms with Gasteiger partial charge in [0.1, 0.15) is 5.60 Å². The zero-order valence-electron chi connectivity index (χ0n) is 11.6. The third-order valence-corrected chi connectivity index (χ3v) is 2.87. The summed E-state index contributed by atoms with van der Waals surface area (Å²) in [6.45, 7) is 10.5. The average molecular weight is 242 g/mol. The first-order chi connectivity index (χ1) is 7.92. The highest BCUT2D eigenvalue weighted by Crippen LogP contribution is 2.15. The number of carbonyl (C=O) groups excluding carboxylic acids is 1. The van der Waals surface area contributed by atoms with Gasteiger partial charge in [-0.1, -0.05) is 6.92 Å². The predicted octanol–water partition coefficient (Wildman–Crippen LogP) is 2.39. The van der Waals surface area contributed by atoms with E-state index in [1.165, 1.54) is 0 Å². The van der Waals surface area contributed by atoms with E-state index in [4.69, 9.17) is 4.74 Å². The van der Waals surface area contributed by atoms with Crippen LogP contribution >= 0.6 is 0 Å². The van der Waals surface area contributed by atoms with Crippen LogP contribution in [0, 0.1) is 0 Å².